The van der Waals surface area contributed by atoms with E-state index in [1.807, 2.05) is 18.2 Å². The van der Waals surface area contributed by atoms with Crippen LogP contribution < -0.4 is 0 Å². The van der Waals surface area contributed by atoms with Crippen LogP contribution in [0.4, 0.5) is 0 Å². The van der Waals surface area contributed by atoms with Crippen molar-refractivity contribution >= 4 is 16.9 Å². The first-order chi connectivity index (χ1) is 16.1. The summed E-state index contributed by atoms with van der Waals surface area (Å²) in [5.74, 6) is 0.669. The van der Waals surface area contributed by atoms with Gasteiger partial charge in [0.25, 0.3) is 0 Å². The lowest BCUT2D eigenvalue weighted by atomic mass is 10.0. The summed E-state index contributed by atoms with van der Waals surface area (Å²) in [5, 5.41) is 1.17. The standard InChI is InChI=1S/C30H38O3/c1-24(2)30(31)32-21-15-10-8-6-4-3-5-7-9-12-16-25-19-20-27-23-29(33-28(27)22-25)26-17-13-11-14-18-26/h11,13-14,17-20,22-23H,1,3-10,12,15-16,21H2,2H3. The van der Waals surface area contributed by atoms with Gasteiger partial charge in [0, 0.05) is 16.5 Å². The summed E-state index contributed by atoms with van der Waals surface area (Å²) in [6.45, 7) is 5.79. The SMILES string of the molecule is C=C(C)C(=O)OCCCCCCCCCCCCc1ccc2cc(-c3ccccc3)oc2c1. The molecule has 3 nitrogen and oxygen atoms in total. The van der Waals surface area contributed by atoms with Crippen LogP contribution in [-0.4, -0.2) is 12.6 Å². The quantitative estimate of drug-likeness (QED) is 0.133. The molecule has 0 aliphatic carbocycles. The van der Waals surface area contributed by atoms with E-state index in [2.05, 4.69) is 43.0 Å². The molecule has 176 valence electrons. The topological polar surface area (TPSA) is 39.4 Å². The third kappa shape index (κ3) is 8.57. The Morgan fingerprint density at radius 2 is 1.45 bits per heavy atom. The van der Waals surface area contributed by atoms with E-state index in [9.17, 15) is 4.79 Å². The minimum atomic E-state index is -0.270. The van der Waals surface area contributed by atoms with Crippen LogP contribution in [0.3, 0.4) is 0 Å². The zero-order chi connectivity index (χ0) is 23.3. The average molecular weight is 447 g/mol. The van der Waals surface area contributed by atoms with Crippen molar-refractivity contribution in [1.29, 1.82) is 0 Å². The number of carbonyl (C=O) groups excluding carboxylic acids is 1. The second-order valence-electron chi connectivity index (χ2n) is 9.05. The molecule has 0 unspecified atom stereocenters. The minimum absolute atomic E-state index is 0.270. The molecular weight excluding hydrogens is 408 g/mol. The third-order valence-electron chi connectivity index (χ3n) is 6.08. The Morgan fingerprint density at radius 1 is 0.818 bits per heavy atom. The van der Waals surface area contributed by atoms with Crippen LogP contribution in [0.2, 0.25) is 0 Å². The predicted molar refractivity (Wildman–Crippen MR) is 137 cm³/mol. The van der Waals surface area contributed by atoms with Crippen molar-refractivity contribution in [2.45, 2.75) is 77.6 Å². The summed E-state index contributed by atoms with van der Waals surface area (Å²) in [5.41, 5.74) is 3.95. The summed E-state index contributed by atoms with van der Waals surface area (Å²) in [6, 6.07) is 19.1. The highest BCUT2D eigenvalue weighted by Gasteiger charge is 2.07. The number of carbonyl (C=O) groups is 1. The molecule has 0 aliphatic rings. The number of ether oxygens (including phenoxy) is 1. The molecule has 0 N–H and O–H groups in total. The fourth-order valence-electron chi connectivity index (χ4n) is 4.11. The molecule has 0 amide bonds. The third-order valence-corrected chi connectivity index (χ3v) is 6.08. The number of esters is 1. The van der Waals surface area contributed by atoms with Gasteiger partial charge in [-0.15, -0.1) is 0 Å². The maximum absolute atomic E-state index is 11.3. The van der Waals surface area contributed by atoms with Crippen molar-refractivity contribution in [2.24, 2.45) is 0 Å². The first kappa shape index (κ1) is 24.8. The van der Waals surface area contributed by atoms with Crippen molar-refractivity contribution in [3.63, 3.8) is 0 Å². The second kappa shape index (κ2) is 13.7. The van der Waals surface area contributed by atoms with Gasteiger partial charge in [-0.05, 0) is 43.9 Å². The lowest BCUT2D eigenvalue weighted by Gasteiger charge is -2.05. The fourth-order valence-corrected chi connectivity index (χ4v) is 4.11. The number of hydrogen-bond donors (Lipinski definition) is 0. The smallest absolute Gasteiger partial charge is 0.333 e. The van der Waals surface area contributed by atoms with E-state index in [4.69, 9.17) is 9.15 Å². The Morgan fingerprint density at radius 3 is 2.12 bits per heavy atom. The van der Waals surface area contributed by atoms with Gasteiger partial charge in [0.15, 0.2) is 0 Å². The molecule has 3 rings (SSSR count). The molecule has 0 fully saturated rings. The van der Waals surface area contributed by atoms with E-state index in [-0.39, 0.29) is 5.97 Å². The van der Waals surface area contributed by atoms with E-state index in [0.29, 0.717) is 12.2 Å². The number of unbranched alkanes of at least 4 members (excludes halogenated alkanes) is 9. The molecule has 3 aromatic rings. The van der Waals surface area contributed by atoms with Crippen molar-refractivity contribution in [2.75, 3.05) is 6.61 Å². The van der Waals surface area contributed by atoms with Gasteiger partial charge in [-0.2, -0.15) is 0 Å². The maximum atomic E-state index is 11.3. The average Bonchev–Trinajstić information content (AvgIpc) is 3.26. The number of furan rings is 1. The summed E-state index contributed by atoms with van der Waals surface area (Å²) in [4.78, 5) is 11.3. The molecule has 0 saturated carbocycles. The van der Waals surface area contributed by atoms with Gasteiger partial charge in [0.1, 0.15) is 11.3 Å². The molecule has 1 heterocycles. The predicted octanol–water partition coefficient (Wildman–Crippen LogP) is 8.66. The highest BCUT2D eigenvalue weighted by molar-refractivity contribution is 5.86. The lowest BCUT2D eigenvalue weighted by Crippen LogP contribution is -2.05. The van der Waals surface area contributed by atoms with Gasteiger partial charge < -0.3 is 9.15 Å². The molecule has 1 aromatic heterocycles. The van der Waals surface area contributed by atoms with Gasteiger partial charge >= 0.3 is 5.97 Å². The maximum Gasteiger partial charge on any atom is 0.333 e. The molecule has 0 radical (unpaired) electrons. The van der Waals surface area contributed by atoms with Crippen molar-refractivity contribution in [3.8, 4) is 11.3 Å². The van der Waals surface area contributed by atoms with Crippen LogP contribution >= 0.6 is 0 Å². The zero-order valence-electron chi connectivity index (χ0n) is 20.1. The normalized spacial score (nSPS) is 11.1. The van der Waals surface area contributed by atoms with E-state index >= 15 is 0 Å². The first-order valence-electron chi connectivity index (χ1n) is 12.5. The zero-order valence-corrected chi connectivity index (χ0v) is 20.1. The van der Waals surface area contributed by atoms with Gasteiger partial charge in [0.05, 0.1) is 6.61 Å². The van der Waals surface area contributed by atoms with Crippen LogP contribution in [0.1, 0.15) is 76.7 Å². The highest BCUT2D eigenvalue weighted by atomic mass is 16.5. The van der Waals surface area contributed by atoms with Crippen molar-refractivity contribution in [3.05, 3.63) is 72.3 Å². The molecule has 0 atom stereocenters. The van der Waals surface area contributed by atoms with Gasteiger partial charge in [0.2, 0.25) is 0 Å². The van der Waals surface area contributed by atoms with Crippen molar-refractivity contribution in [1.82, 2.24) is 0 Å². The van der Waals surface area contributed by atoms with Gasteiger partial charge in [-0.3, -0.25) is 0 Å². The summed E-state index contributed by atoms with van der Waals surface area (Å²) in [6.07, 6.45) is 13.5. The van der Waals surface area contributed by atoms with Crippen molar-refractivity contribution < 1.29 is 13.9 Å². The molecule has 33 heavy (non-hydrogen) atoms. The highest BCUT2D eigenvalue weighted by Crippen LogP contribution is 2.28. The molecule has 0 spiro atoms. The van der Waals surface area contributed by atoms with E-state index in [1.165, 1.54) is 62.3 Å². The van der Waals surface area contributed by atoms with Gasteiger partial charge in [-0.1, -0.05) is 100 Å². The summed E-state index contributed by atoms with van der Waals surface area (Å²) >= 11 is 0. The van der Waals surface area contributed by atoms with Crippen LogP contribution in [0, 0.1) is 0 Å². The monoisotopic (exact) mass is 446 g/mol. The Bertz CT molecular complexity index is 1000. The van der Waals surface area contributed by atoms with Crippen LogP contribution in [0.15, 0.2) is 71.2 Å². The molecule has 0 saturated heterocycles. The number of fused-ring (bicyclic) bond motifs is 1. The molecular formula is C30H38O3. The molecule has 2 aromatic carbocycles. The number of rotatable bonds is 15. The summed E-state index contributed by atoms with van der Waals surface area (Å²) < 4.78 is 11.2. The fraction of sp³-hybridized carbons (Fsp3) is 0.433. The van der Waals surface area contributed by atoms with E-state index < -0.39 is 0 Å². The Balaban J connectivity index is 1.22. The number of aryl methyl sites for hydroxylation is 1. The molecule has 0 aliphatic heterocycles. The lowest BCUT2D eigenvalue weighted by molar-refractivity contribution is -0.139. The van der Waals surface area contributed by atoms with E-state index in [0.717, 1.165) is 36.2 Å². The van der Waals surface area contributed by atoms with Crippen LogP contribution in [0.5, 0.6) is 0 Å². The number of benzene rings is 2. The largest absolute Gasteiger partial charge is 0.462 e. The van der Waals surface area contributed by atoms with E-state index in [1.54, 1.807) is 6.92 Å². The van der Waals surface area contributed by atoms with Gasteiger partial charge in [-0.25, -0.2) is 4.79 Å². The van der Waals surface area contributed by atoms with Crippen LogP contribution in [-0.2, 0) is 16.0 Å². The Labute approximate surface area is 198 Å². The van der Waals surface area contributed by atoms with Crippen LogP contribution in [0.25, 0.3) is 22.3 Å². The first-order valence-corrected chi connectivity index (χ1v) is 12.5. The number of hydrogen-bond acceptors (Lipinski definition) is 3. The minimum Gasteiger partial charge on any atom is -0.462 e. The second-order valence-corrected chi connectivity index (χ2v) is 9.05. The Kier molecular flexibility index (Phi) is 10.3. The molecule has 3 heteroatoms. The Hall–Kier alpha value is -2.81. The summed E-state index contributed by atoms with van der Waals surface area (Å²) in [7, 11) is 0. The molecule has 0 bridgehead atoms.